The fraction of sp³-hybridized carbons (Fsp3) is 0.375. The number of carbonyl (C=O) groups is 1. The van der Waals surface area contributed by atoms with Gasteiger partial charge < -0.3 is 11.1 Å². The summed E-state index contributed by atoms with van der Waals surface area (Å²) >= 11 is 0. The van der Waals surface area contributed by atoms with Crippen LogP contribution in [0, 0.1) is 0 Å². The summed E-state index contributed by atoms with van der Waals surface area (Å²) < 4.78 is 0. The summed E-state index contributed by atoms with van der Waals surface area (Å²) in [5, 5.41) is 2.61. The van der Waals surface area contributed by atoms with Crippen molar-refractivity contribution in [3.05, 3.63) is 18.6 Å². The third-order valence-corrected chi connectivity index (χ3v) is 1.44. The van der Waals surface area contributed by atoms with Crippen LogP contribution in [0.15, 0.2) is 18.6 Å². The van der Waals surface area contributed by atoms with Gasteiger partial charge in [-0.15, -0.1) is 0 Å². The van der Waals surface area contributed by atoms with Gasteiger partial charge in [0.25, 0.3) is 0 Å². The van der Waals surface area contributed by atoms with Gasteiger partial charge in [-0.25, -0.2) is 4.98 Å². The van der Waals surface area contributed by atoms with E-state index in [1.165, 1.54) is 12.4 Å². The van der Waals surface area contributed by atoms with Crippen LogP contribution in [0.25, 0.3) is 0 Å². The number of nitrogens with two attached hydrogens (primary N) is 1. The van der Waals surface area contributed by atoms with Gasteiger partial charge in [-0.1, -0.05) is 0 Å². The smallest absolute Gasteiger partial charge is 0.225 e. The Hall–Kier alpha value is -1.49. The van der Waals surface area contributed by atoms with E-state index in [4.69, 9.17) is 5.73 Å². The number of rotatable bonds is 4. The van der Waals surface area contributed by atoms with E-state index in [1.807, 2.05) is 0 Å². The first-order chi connectivity index (χ1) is 6.33. The molecule has 70 valence electrons. The molecule has 0 saturated heterocycles. The minimum absolute atomic E-state index is 0.0778. The number of hydrogen-bond donors (Lipinski definition) is 2. The van der Waals surface area contributed by atoms with E-state index in [9.17, 15) is 4.79 Å². The Labute approximate surface area is 76.4 Å². The molecular formula is C8H12N4O. The number of anilines is 1. The SMILES string of the molecule is NCCCC(=O)Nc1cnccn1. The molecule has 0 aliphatic carbocycles. The van der Waals surface area contributed by atoms with Crippen molar-refractivity contribution in [1.29, 1.82) is 0 Å². The van der Waals surface area contributed by atoms with Crippen LogP contribution < -0.4 is 11.1 Å². The molecule has 0 fully saturated rings. The third kappa shape index (κ3) is 3.62. The predicted octanol–water partition coefficient (Wildman–Crippen LogP) is 0.154. The van der Waals surface area contributed by atoms with Crippen LogP contribution in [0.5, 0.6) is 0 Å². The van der Waals surface area contributed by atoms with Gasteiger partial charge >= 0.3 is 0 Å². The van der Waals surface area contributed by atoms with Crippen LogP contribution in [0.4, 0.5) is 5.82 Å². The number of nitrogens with one attached hydrogen (secondary N) is 1. The molecule has 1 heterocycles. The van der Waals surface area contributed by atoms with Crippen LogP contribution in [-0.4, -0.2) is 22.4 Å². The molecule has 1 aromatic heterocycles. The van der Waals surface area contributed by atoms with Crippen molar-refractivity contribution in [2.24, 2.45) is 5.73 Å². The van der Waals surface area contributed by atoms with Crippen LogP contribution in [-0.2, 0) is 4.79 Å². The van der Waals surface area contributed by atoms with E-state index in [0.717, 1.165) is 0 Å². The van der Waals surface area contributed by atoms with Crippen LogP contribution in [0.3, 0.4) is 0 Å². The molecular weight excluding hydrogens is 168 g/mol. The minimum atomic E-state index is -0.0778. The highest BCUT2D eigenvalue weighted by Crippen LogP contribution is 1.98. The summed E-state index contributed by atoms with van der Waals surface area (Å²) in [5.41, 5.74) is 5.26. The lowest BCUT2D eigenvalue weighted by Gasteiger charge is -2.01. The molecule has 3 N–H and O–H groups in total. The molecule has 1 aromatic rings. The Bertz CT molecular complexity index is 262. The number of hydrogen-bond acceptors (Lipinski definition) is 4. The van der Waals surface area contributed by atoms with Crippen molar-refractivity contribution in [2.45, 2.75) is 12.8 Å². The highest BCUT2D eigenvalue weighted by atomic mass is 16.1. The fourth-order valence-corrected chi connectivity index (χ4v) is 0.832. The number of aromatic nitrogens is 2. The van der Waals surface area contributed by atoms with E-state index in [1.54, 1.807) is 6.20 Å². The summed E-state index contributed by atoms with van der Waals surface area (Å²) in [5.74, 6) is 0.399. The van der Waals surface area contributed by atoms with Gasteiger partial charge in [0.2, 0.25) is 5.91 Å². The van der Waals surface area contributed by atoms with E-state index in [2.05, 4.69) is 15.3 Å². The number of amides is 1. The second-order valence-corrected chi connectivity index (χ2v) is 2.53. The van der Waals surface area contributed by atoms with Gasteiger partial charge in [-0.05, 0) is 13.0 Å². The zero-order chi connectivity index (χ0) is 9.52. The predicted molar refractivity (Wildman–Crippen MR) is 49.0 cm³/mol. The molecule has 0 aliphatic heterocycles. The molecule has 5 heteroatoms. The fourth-order valence-electron chi connectivity index (χ4n) is 0.832. The molecule has 0 saturated carbocycles. The number of nitrogens with zero attached hydrogens (tertiary/aromatic N) is 2. The zero-order valence-corrected chi connectivity index (χ0v) is 7.23. The maximum absolute atomic E-state index is 11.1. The lowest BCUT2D eigenvalue weighted by atomic mass is 10.3. The van der Waals surface area contributed by atoms with Gasteiger partial charge in [0, 0.05) is 18.8 Å². The topological polar surface area (TPSA) is 80.9 Å². The maximum Gasteiger partial charge on any atom is 0.225 e. The van der Waals surface area contributed by atoms with Crippen molar-refractivity contribution < 1.29 is 4.79 Å². The monoisotopic (exact) mass is 180 g/mol. The summed E-state index contributed by atoms with van der Waals surface area (Å²) in [7, 11) is 0. The third-order valence-electron chi connectivity index (χ3n) is 1.44. The van der Waals surface area contributed by atoms with E-state index in [0.29, 0.717) is 25.2 Å². The van der Waals surface area contributed by atoms with E-state index >= 15 is 0 Å². The normalized spacial score (nSPS) is 9.62. The molecule has 0 unspecified atom stereocenters. The molecule has 0 bridgehead atoms. The first-order valence-electron chi connectivity index (χ1n) is 4.09. The van der Waals surface area contributed by atoms with Crippen molar-refractivity contribution in [2.75, 3.05) is 11.9 Å². The van der Waals surface area contributed by atoms with Crippen molar-refractivity contribution in [3.63, 3.8) is 0 Å². The van der Waals surface area contributed by atoms with E-state index < -0.39 is 0 Å². The lowest BCUT2D eigenvalue weighted by molar-refractivity contribution is -0.116. The Morgan fingerprint density at radius 1 is 1.54 bits per heavy atom. The van der Waals surface area contributed by atoms with Gasteiger partial charge in [0.05, 0.1) is 6.20 Å². The zero-order valence-electron chi connectivity index (χ0n) is 7.23. The molecule has 0 radical (unpaired) electrons. The first-order valence-corrected chi connectivity index (χ1v) is 4.09. The first kappa shape index (κ1) is 9.60. The van der Waals surface area contributed by atoms with Crippen molar-refractivity contribution in [3.8, 4) is 0 Å². The summed E-state index contributed by atoms with van der Waals surface area (Å²) in [6, 6.07) is 0. The van der Waals surface area contributed by atoms with Gasteiger partial charge in [0.1, 0.15) is 0 Å². The average Bonchev–Trinajstić information content (AvgIpc) is 2.16. The minimum Gasteiger partial charge on any atom is -0.330 e. The molecule has 0 aliphatic rings. The molecule has 13 heavy (non-hydrogen) atoms. The van der Waals surface area contributed by atoms with Crippen LogP contribution in [0.1, 0.15) is 12.8 Å². The Kier molecular flexibility index (Phi) is 3.84. The van der Waals surface area contributed by atoms with Crippen molar-refractivity contribution in [1.82, 2.24) is 9.97 Å². The largest absolute Gasteiger partial charge is 0.330 e. The average molecular weight is 180 g/mol. The van der Waals surface area contributed by atoms with Gasteiger partial charge in [-0.3, -0.25) is 9.78 Å². The van der Waals surface area contributed by atoms with Crippen LogP contribution in [0.2, 0.25) is 0 Å². The molecule has 0 spiro atoms. The van der Waals surface area contributed by atoms with Crippen molar-refractivity contribution >= 4 is 11.7 Å². The lowest BCUT2D eigenvalue weighted by Crippen LogP contribution is -2.14. The molecule has 1 rings (SSSR count). The second-order valence-electron chi connectivity index (χ2n) is 2.53. The van der Waals surface area contributed by atoms with Gasteiger partial charge in [-0.2, -0.15) is 0 Å². The highest BCUT2D eigenvalue weighted by molar-refractivity contribution is 5.89. The Balaban J connectivity index is 2.37. The van der Waals surface area contributed by atoms with Gasteiger partial charge in [0.15, 0.2) is 5.82 Å². The summed E-state index contributed by atoms with van der Waals surface area (Å²) in [6.07, 6.45) is 5.69. The quantitative estimate of drug-likeness (QED) is 0.691. The second kappa shape index (κ2) is 5.21. The summed E-state index contributed by atoms with van der Waals surface area (Å²) in [6.45, 7) is 0.522. The summed E-state index contributed by atoms with van der Waals surface area (Å²) in [4.78, 5) is 18.9. The van der Waals surface area contributed by atoms with Crippen LogP contribution >= 0.6 is 0 Å². The Morgan fingerprint density at radius 2 is 2.38 bits per heavy atom. The molecule has 1 amide bonds. The molecule has 0 aromatic carbocycles. The molecule has 5 nitrogen and oxygen atoms in total. The number of carbonyl (C=O) groups excluding carboxylic acids is 1. The maximum atomic E-state index is 11.1. The Morgan fingerprint density at radius 3 is 3.00 bits per heavy atom. The van der Waals surface area contributed by atoms with E-state index in [-0.39, 0.29) is 5.91 Å². The molecule has 0 atom stereocenters. The highest BCUT2D eigenvalue weighted by Gasteiger charge is 2.01. The standard InChI is InChI=1S/C8H12N4O/c9-3-1-2-8(13)12-7-6-10-4-5-11-7/h4-6H,1-3,9H2,(H,11,12,13).